The van der Waals surface area contributed by atoms with Crippen molar-refractivity contribution in [1.82, 2.24) is 21.3 Å². The summed E-state index contributed by atoms with van der Waals surface area (Å²) in [5, 5.41) is 28.3. The van der Waals surface area contributed by atoms with Gasteiger partial charge in [-0.3, -0.25) is 19.2 Å². The first-order valence-corrected chi connectivity index (χ1v) is 12.7. The Morgan fingerprint density at radius 3 is 2.03 bits per heavy atom. The molecule has 8 N–H and O–H groups in total. The van der Waals surface area contributed by atoms with E-state index in [4.69, 9.17) is 5.73 Å². The molecule has 2 rings (SSSR count). The minimum Gasteiger partial charge on any atom is -0.508 e. The van der Waals surface area contributed by atoms with Gasteiger partial charge in [0.25, 0.3) is 0 Å². The predicted molar refractivity (Wildman–Crippen MR) is 146 cm³/mol. The number of nitrogens with two attached hydrogens (primary N) is 1. The van der Waals surface area contributed by atoms with Crippen molar-refractivity contribution < 1.29 is 34.2 Å². The van der Waals surface area contributed by atoms with E-state index in [9.17, 15) is 34.2 Å². The van der Waals surface area contributed by atoms with Gasteiger partial charge in [0, 0.05) is 12.2 Å². The van der Waals surface area contributed by atoms with Gasteiger partial charge >= 0.3 is 5.97 Å². The smallest absolute Gasteiger partial charge is 0.327 e. The van der Waals surface area contributed by atoms with Crippen LogP contribution in [0.1, 0.15) is 18.1 Å². The molecule has 2 aromatic carbocycles. The number of aliphatic carboxylic acids is 1. The second-order valence-electron chi connectivity index (χ2n) is 8.82. The fourth-order valence-electron chi connectivity index (χ4n) is 3.45. The van der Waals surface area contributed by atoms with Crippen LogP contribution < -0.4 is 27.0 Å². The highest BCUT2D eigenvalue weighted by Gasteiger charge is 2.27. The third kappa shape index (κ3) is 10.7. The molecule has 0 radical (unpaired) electrons. The third-order valence-electron chi connectivity index (χ3n) is 5.64. The van der Waals surface area contributed by atoms with Crippen LogP contribution in [0.15, 0.2) is 54.6 Å². The highest BCUT2D eigenvalue weighted by molar-refractivity contribution is 7.80. The van der Waals surface area contributed by atoms with Gasteiger partial charge in [0.1, 0.15) is 23.9 Å². The Morgan fingerprint density at radius 1 is 0.821 bits per heavy atom. The quantitative estimate of drug-likeness (QED) is 0.136. The Bertz CT molecular complexity index is 1150. The van der Waals surface area contributed by atoms with Gasteiger partial charge < -0.3 is 37.2 Å². The van der Waals surface area contributed by atoms with Gasteiger partial charge in [-0.05, 0) is 36.6 Å². The highest BCUT2D eigenvalue weighted by atomic mass is 32.1. The molecule has 210 valence electrons. The molecule has 0 aliphatic carbocycles. The number of benzene rings is 2. The normalized spacial score (nSPS) is 13.7. The zero-order valence-electron chi connectivity index (χ0n) is 21.3. The largest absolute Gasteiger partial charge is 0.508 e. The highest BCUT2D eigenvalue weighted by Crippen LogP contribution is 2.11. The van der Waals surface area contributed by atoms with E-state index >= 15 is 0 Å². The average molecular weight is 560 g/mol. The summed E-state index contributed by atoms with van der Waals surface area (Å²) < 4.78 is 0. The predicted octanol–water partition coefficient (Wildman–Crippen LogP) is -0.890. The van der Waals surface area contributed by atoms with Crippen molar-refractivity contribution in [2.45, 2.75) is 43.9 Å². The minimum atomic E-state index is -1.27. The molecule has 4 amide bonds. The third-order valence-corrected chi connectivity index (χ3v) is 6.00. The van der Waals surface area contributed by atoms with Crippen molar-refractivity contribution in [3.63, 3.8) is 0 Å². The summed E-state index contributed by atoms with van der Waals surface area (Å²) in [7, 11) is 0. The molecule has 13 heteroatoms. The first-order chi connectivity index (χ1) is 18.5. The molecule has 0 saturated carbocycles. The molecule has 0 unspecified atom stereocenters. The molecule has 0 fully saturated rings. The lowest BCUT2D eigenvalue weighted by Crippen LogP contribution is -2.55. The lowest BCUT2D eigenvalue weighted by atomic mass is 10.0. The van der Waals surface area contributed by atoms with Crippen LogP contribution in [-0.4, -0.2) is 76.3 Å². The Labute approximate surface area is 231 Å². The molecule has 0 heterocycles. The molecule has 0 aliphatic rings. The van der Waals surface area contributed by atoms with E-state index in [-0.39, 0.29) is 24.3 Å². The number of amides is 4. The van der Waals surface area contributed by atoms with Gasteiger partial charge in [0.15, 0.2) is 0 Å². The summed E-state index contributed by atoms with van der Waals surface area (Å²) in [6.07, 6.45) is 0.264. The molecule has 0 aromatic heterocycles. The Morgan fingerprint density at radius 2 is 1.44 bits per heavy atom. The van der Waals surface area contributed by atoms with Crippen LogP contribution >= 0.6 is 12.6 Å². The summed E-state index contributed by atoms with van der Waals surface area (Å²) in [6.45, 7) is 0.930. The Kier molecular flexibility index (Phi) is 12.2. The van der Waals surface area contributed by atoms with Crippen molar-refractivity contribution >= 4 is 42.2 Å². The summed E-state index contributed by atoms with van der Waals surface area (Å²) in [6, 6.07) is 10.7. The first-order valence-electron chi connectivity index (χ1n) is 12.1. The van der Waals surface area contributed by atoms with E-state index in [2.05, 4.69) is 33.9 Å². The SMILES string of the molecule is C[C@H](NC(=O)[C@@H](N)Cc1ccc(O)cc1)C(=O)NCC(=O)N[C@@H](Cc1ccccc1)C(=O)N[C@@H](CS)C(=O)O. The lowest BCUT2D eigenvalue weighted by molar-refractivity contribution is -0.141. The topological polar surface area (TPSA) is 200 Å². The number of carboxylic acid groups (broad SMARTS) is 1. The molecular weight excluding hydrogens is 526 g/mol. The van der Waals surface area contributed by atoms with Crippen molar-refractivity contribution in [3.8, 4) is 5.75 Å². The Balaban J connectivity index is 1.91. The second-order valence-corrected chi connectivity index (χ2v) is 9.18. The number of phenols is 1. The fraction of sp³-hybridized carbons (Fsp3) is 0.346. The monoisotopic (exact) mass is 559 g/mol. The average Bonchev–Trinajstić information content (AvgIpc) is 2.91. The van der Waals surface area contributed by atoms with Crippen LogP contribution in [0, 0.1) is 0 Å². The van der Waals surface area contributed by atoms with Crippen LogP contribution in [0.2, 0.25) is 0 Å². The molecule has 4 atom stereocenters. The van der Waals surface area contributed by atoms with Gasteiger partial charge in [-0.15, -0.1) is 0 Å². The van der Waals surface area contributed by atoms with E-state index in [1.54, 1.807) is 42.5 Å². The maximum absolute atomic E-state index is 12.8. The molecule has 0 bridgehead atoms. The van der Waals surface area contributed by atoms with Crippen LogP contribution in [0.25, 0.3) is 0 Å². The zero-order chi connectivity index (χ0) is 28.9. The van der Waals surface area contributed by atoms with E-state index in [1.165, 1.54) is 19.1 Å². The number of carboxylic acids is 1. The summed E-state index contributed by atoms with van der Waals surface area (Å²) in [5.41, 5.74) is 7.36. The fourth-order valence-corrected chi connectivity index (χ4v) is 3.69. The van der Waals surface area contributed by atoms with Crippen molar-refractivity contribution in [2.75, 3.05) is 12.3 Å². The number of hydrogen-bond acceptors (Lipinski definition) is 8. The molecule has 0 spiro atoms. The number of rotatable bonds is 14. The number of carbonyl (C=O) groups excluding carboxylic acids is 4. The van der Waals surface area contributed by atoms with Crippen molar-refractivity contribution in [3.05, 3.63) is 65.7 Å². The second kappa shape index (κ2) is 15.3. The number of nitrogens with one attached hydrogen (secondary N) is 4. The number of phenolic OH excluding ortho intramolecular Hbond substituents is 1. The molecule has 2 aromatic rings. The van der Waals surface area contributed by atoms with Gasteiger partial charge in [-0.2, -0.15) is 12.6 Å². The van der Waals surface area contributed by atoms with Gasteiger partial charge in [-0.25, -0.2) is 4.79 Å². The van der Waals surface area contributed by atoms with Crippen LogP contribution in [0.3, 0.4) is 0 Å². The standard InChI is InChI=1S/C26H33N5O7S/c1-15(29-24(35)19(27)11-17-7-9-18(32)10-8-17)23(34)28-13-22(33)30-20(12-16-5-3-2-4-6-16)25(36)31-21(14-39)26(37)38/h2-10,15,19-21,32,39H,11-14,27H2,1H3,(H,28,34)(H,29,35)(H,30,33)(H,31,36)(H,37,38)/t15-,19-,20-,21-/m0/s1. The summed E-state index contributed by atoms with van der Waals surface area (Å²) >= 11 is 3.93. The molecule has 39 heavy (non-hydrogen) atoms. The van der Waals surface area contributed by atoms with Crippen LogP contribution in [-0.2, 0) is 36.8 Å². The minimum absolute atomic E-state index is 0.0800. The first kappa shape index (κ1) is 31.1. The maximum atomic E-state index is 12.8. The summed E-state index contributed by atoms with van der Waals surface area (Å²) in [4.78, 5) is 61.4. The van der Waals surface area contributed by atoms with E-state index in [0.717, 1.165) is 11.1 Å². The van der Waals surface area contributed by atoms with E-state index in [1.807, 2.05) is 0 Å². The number of hydrogen-bond donors (Lipinski definition) is 8. The zero-order valence-corrected chi connectivity index (χ0v) is 22.2. The van der Waals surface area contributed by atoms with Crippen molar-refractivity contribution in [1.29, 1.82) is 0 Å². The lowest BCUT2D eigenvalue weighted by Gasteiger charge is -2.21. The van der Waals surface area contributed by atoms with Crippen LogP contribution in [0.4, 0.5) is 0 Å². The van der Waals surface area contributed by atoms with Gasteiger partial charge in [0.05, 0.1) is 12.6 Å². The Hall–Kier alpha value is -4.10. The number of thiol groups is 1. The molecule has 0 aliphatic heterocycles. The van der Waals surface area contributed by atoms with Crippen LogP contribution in [0.5, 0.6) is 5.75 Å². The molecule has 0 saturated heterocycles. The summed E-state index contributed by atoms with van der Waals surface area (Å²) in [5.74, 6) is -3.98. The molecule has 12 nitrogen and oxygen atoms in total. The van der Waals surface area contributed by atoms with E-state index in [0.29, 0.717) is 0 Å². The maximum Gasteiger partial charge on any atom is 0.327 e. The van der Waals surface area contributed by atoms with Gasteiger partial charge in [0.2, 0.25) is 23.6 Å². The van der Waals surface area contributed by atoms with Crippen molar-refractivity contribution in [2.24, 2.45) is 5.73 Å². The number of aromatic hydroxyl groups is 1. The number of carbonyl (C=O) groups is 5. The van der Waals surface area contributed by atoms with E-state index < -0.39 is 60.3 Å². The molecular formula is C26H33N5O7S. The van der Waals surface area contributed by atoms with Gasteiger partial charge in [-0.1, -0.05) is 42.5 Å².